The van der Waals surface area contributed by atoms with Gasteiger partial charge in [-0.05, 0) is 30.6 Å². The normalized spacial score (nSPS) is 28.8. The fraction of sp³-hybridized carbons (Fsp3) is 1.00. The highest BCUT2D eigenvalue weighted by atomic mass is 14.9. The zero-order valence-electron chi connectivity index (χ0n) is 11.1. The van der Waals surface area contributed by atoms with Gasteiger partial charge in [0, 0.05) is 12.6 Å². The van der Waals surface area contributed by atoms with Crippen molar-refractivity contribution in [2.24, 2.45) is 11.3 Å². The summed E-state index contributed by atoms with van der Waals surface area (Å²) in [6.45, 7) is 10.4. The van der Waals surface area contributed by atoms with Crippen molar-refractivity contribution in [2.45, 2.75) is 72.3 Å². The van der Waals surface area contributed by atoms with Crippen LogP contribution in [0.1, 0.15) is 66.2 Å². The molecule has 1 aliphatic carbocycles. The van der Waals surface area contributed by atoms with Gasteiger partial charge in [0.1, 0.15) is 0 Å². The van der Waals surface area contributed by atoms with Crippen LogP contribution in [0.5, 0.6) is 0 Å². The van der Waals surface area contributed by atoms with Gasteiger partial charge in [-0.25, -0.2) is 0 Å². The molecule has 1 nitrogen and oxygen atoms in total. The molecule has 1 fully saturated rings. The molecule has 0 amide bonds. The topological polar surface area (TPSA) is 12.0 Å². The Hall–Kier alpha value is -0.0400. The molecular formula is C14H29N. The molecule has 0 radical (unpaired) electrons. The van der Waals surface area contributed by atoms with Crippen LogP contribution >= 0.6 is 0 Å². The molecule has 1 unspecified atom stereocenters. The van der Waals surface area contributed by atoms with Crippen LogP contribution in [0.4, 0.5) is 0 Å². The van der Waals surface area contributed by atoms with E-state index in [1.807, 2.05) is 0 Å². The second-order valence-corrected chi connectivity index (χ2v) is 6.42. The highest BCUT2D eigenvalue weighted by molar-refractivity contribution is 4.76. The van der Waals surface area contributed by atoms with E-state index in [1.54, 1.807) is 0 Å². The van der Waals surface area contributed by atoms with E-state index in [9.17, 15) is 0 Å². The molecular weight excluding hydrogens is 182 g/mol. The van der Waals surface area contributed by atoms with Crippen molar-refractivity contribution in [2.75, 3.05) is 6.54 Å². The maximum atomic E-state index is 3.75. The third-order valence-electron chi connectivity index (χ3n) is 3.59. The zero-order chi connectivity index (χ0) is 11.3. The Labute approximate surface area is 96.0 Å². The molecule has 0 bridgehead atoms. The SMILES string of the molecule is CC[C@H]1CCCC(NCC(C)(C)C)CC1. The maximum absolute atomic E-state index is 3.75. The summed E-state index contributed by atoms with van der Waals surface area (Å²) in [4.78, 5) is 0. The Bertz CT molecular complexity index is 169. The lowest BCUT2D eigenvalue weighted by Crippen LogP contribution is -2.35. The van der Waals surface area contributed by atoms with E-state index in [0.29, 0.717) is 5.41 Å². The summed E-state index contributed by atoms with van der Waals surface area (Å²) in [5.74, 6) is 1.01. The van der Waals surface area contributed by atoms with Crippen LogP contribution in [-0.2, 0) is 0 Å². The molecule has 1 heteroatoms. The lowest BCUT2D eigenvalue weighted by Gasteiger charge is -2.24. The lowest BCUT2D eigenvalue weighted by atomic mass is 9.95. The standard InChI is InChI=1S/C14H29N/c1-5-12-7-6-8-13(10-9-12)15-11-14(2,3)4/h12-13,15H,5-11H2,1-4H3/t12-,13?/m0/s1. The van der Waals surface area contributed by atoms with Crippen LogP contribution in [-0.4, -0.2) is 12.6 Å². The largest absolute Gasteiger partial charge is 0.313 e. The molecule has 90 valence electrons. The fourth-order valence-electron chi connectivity index (χ4n) is 2.44. The highest BCUT2D eigenvalue weighted by Gasteiger charge is 2.19. The minimum Gasteiger partial charge on any atom is -0.313 e. The van der Waals surface area contributed by atoms with Gasteiger partial charge in [0.15, 0.2) is 0 Å². The first-order chi connectivity index (χ1) is 7.01. The monoisotopic (exact) mass is 211 g/mol. The molecule has 1 saturated carbocycles. The molecule has 0 heterocycles. The van der Waals surface area contributed by atoms with Crippen LogP contribution in [0.3, 0.4) is 0 Å². The Morgan fingerprint density at radius 2 is 1.80 bits per heavy atom. The molecule has 0 aromatic carbocycles. The van der Waals surface area contributed by atoms with Crippen LogP contribution in [0.2, 0.25) is 0 Å². The van der Waals surface area contributed by atoms with Crippen molar-refractivity contribution in [1.82, 2.24) is 5.32 Å². The van der Waals surface area contributed by atoms with Crippen LogP contribution in [0, 0.1) is 11.3 Å². The minimum atomic E-state index is 0.427. The molecule has 1 rings (SSSR count). The highest BCUT2D eigenvalue weighted by Crippen LogP contribution is 2.25. The van der Waals surface area contributed by atoms with Crippen LogP contribution in [0.25, 0.3) is 0 Å². The van der Waals surface area contributed by atoms with Gasteiger partial charge < -0.3 is 5.32 Å². The minimum absolute atomic E-state index is 0.427. The average Bonchev–Trinajstić information content (AvgIpc) is 2.38. The van der Waals surface area contributed by atoms with E-state index in [4.69, 9.17) is 0 Å². The van der Waals surface area contributed by atoms with E-state index in [0.717, 1.165) is 18.5 Å². The summed E-state index contributed by atoms with van der Waals surface area (Å²) in [7, 11) is 0. The predicted molar refractivity (Wildman–Crippen MR) is 68.1 cm³/mol. The molecule has 1 N–H and O–H groups in total. The first-order valence-electron chi connectivity index (χ1n) is 6.74. The van der Waals surface area contributed by atoms with E-state index >= 15 is 0 Å². The van der Waals surface area contributed by atoms with Crippen molar-refractivity contribution in [3.8, 4) is 0 Å². The van der Waals surface area contributed by atoms with Crippen molar-refractivity contribution >= 4 is 0 Å². The van der Waals surface area contributed by atoms with Crippen molar-refractivity contribution in [3.05, 3.63) is 0 Å². The fourth-order valence-corrected chi connectivity index (χ4v) is 2.44. The smallest absolute Gasteiger partial charge is 0.00673 e. The summed E-state index contributed by atoms with van der Waals surface area (Å²) in [6, 6.07) is 0.792. The van der Waals surface area contributed by atoms with Gasteiger partial charge in [-0.15, -0.1) is 0 Å². The Morgan fingerprint density at radius 1 is 1.07 bits per heavy atom. The summed E-state index contributed by atoms with van der Waals surface area (Å²) in [6.07, 6.45) is 8.51. The molecule has 1 aliphatic rings. The quantitative estimate of drug-likeness (QED) is 0.696. The first kappa shape index (κ1) is 13.0. The van der Waals surface area contributed by atoms with E-state index < -0.39 is 0 Å². The molecule has 0 aromatic heterocycles. The average molecular weight is 211 g/mol. The second kappa shape index (κ2) is 5.89. The molecule has 2 atom stereocenters. The van der Waals surface area contributed by atoms with Crippen LogP contribution < -0.4 is 5.32 Å². The molecule has 0 aliphatic heterocycles. The van der Waals surface area contributed by atoms with Crippen LogP contribution in [0.15, 0.2) is 0 Å². The van der Waals surface area contributed by atoms with Gasteiger partial charge >= 0.3 is 0 Å². The third kappa shape index (κ3) is 5.55. The number of hydrogen-bond acceptors (Lipinski definition) is 1. The number of nitrogens with one attached hydrogen (secondary N) is 1. The van der Waals surface area contributed by atoms with E-state index in [-0.39, 0.29) is 0 Å². The summed E-state index contributed by atoms with van der Waals surface area (Å²) < 4.78 is 0. The first-order valence-corrected chi connectivity index (χ1v) is 6.74. The Kier molecular flexibility index (Phi) is 5.11. The second-order valence-electron chi connectivity index (χ2n) is 6.42. The van der Waals surface area contributed by atoms with Gasteiger partial charge in [-0.1, -0.05) is 47.0 Å². The van der Waals surface area contributed by atoms with Gasteiger partial charge in [-0.3, -0.25) is 0 Å². The molecule has 0 spiro atoms. The van der Waals surface area contributed by atoms with E-state index in [1.165, 1.54) is 38.5 Å². The van der Waals surface area contributed by atoms with Crippen molar-refractivity contribution in [1.29, 1.82) is 0 Å². The number of hydrogen-bond donors (Lipinski definition) is 1. The van der Waals surface area contributed by atoms with Crippen molar-refractivity contribution < 1.29 is 0 Å². The Balaban J connectivity index is 2.25. The summed E-state index contributed by atoms with van der Waals surface area (Å²) >= 11 is 0. The lowest BCUT2D eigenvalue weighted by molar-refractivity contribution is 0.334. The van der Waals surface area contributed by atoms with Gasteiger partial charge in [0.25, 0.3) is 0 Å². The predicted octanol–water partition coefficient (Wildman–Crippen LogP) is 3.98. The summed E-state index contributed by atoms with van der Waals surface area (Å²) in [5.41, 5.74) is 0.427. The van der Waals surface area contributed by atoms with Gasteiger partial charge in [0.2, 0.25) is 0 Å². The molecule has 15 heavy (non-hydrogen) atoms. The Morgan fingerprint density at radius 3 is 2.40 bits per heavy atom. The van der Waals surface area contributed by atoms with Gasteiger partial charge in [0.05, 0.1) is 0 Å². The van der Waals surface area contributed by atoms with E-state index in [2.05, 4.69) is 33.0 Å². The maximum Gasteiger partial charge on any atom is 0.00673 e. The molecule has 0 saturated heterocycles. The zero-order valence-corrected chi connectivity index (χ0v) is 11.1. The number of rotatable bonds is 3. The van der Waals surface area contributed by atoms with Crippen molar-refractivity contribution in [3.63, 3.8) is 0 Å². The van der Waals surface area contributed by atoms with Gasteiger partial charge in [-0.2, -0.15) is 0 Å². The third-order valence-corrected chi connectivity index (χ3v) is 3.59. The molecule has 0 aromatic rings. The summed E-state index contributed by atoms with van der Waals surface area (Å²) in [5, 5.41) is 3.75.